The molecule has 1 spiro atoms. The van der Waals surface area contributed by atoms with Crippen molar-refractivity contribution in [2.45, 2.75) is 31.1 Å². The van der Waals surface area contributed by atoms with Gasteiger partial charge >= 0.3 is 0 Å². The van der Waals surface area contributed by atoms with E-state index < -0.39 is 10.0 Å². The van der Waals surface area contributed by atoms with E-state index in [1.165, 1.54) is 7.11 Å². The van der Waals surface area contributed by atoms with Crippen molar-refractivity contribution in [2.24, 2.45) is 5.41 Å². The number of sulfonamides is 1. The summed E-state index contributed by atoms with van der Waals surface area (Å²) < 4.78 is 33.0. The molecule has 0 amide bonds. The molecule has 2 saturated heterocycles. The second kappa shape index (κ2) is 5.83. The van der Waals surface area contributed by atoms with Crippen LogP contribution in [0.2, 0.25) is 0 Å². The third-order valence-corrected chi connectivity index (χ3v) is 6.87. The van der Waals surface area contributed by atoms with E-state index >= 15 is 0 Å². The molecule has 1 aromatic rings. The van der Waals surface area contributed by atoms with Gasteiger partial charge in [-0.3, -0.25) is 0 Å². The molecule has 2 fully saturated rings. The molecule has 5 nitrogen and oxygen atoms in total. The fraction of sp³-hybridized carbons (Fsp3) is 0.625. The molecule has 122 valence electrons. The first-order valence-corrected chi connectivity index (χ1v) is 9.26. The van der Waals surface area contributed by atoms with Crippen molar-refractivity contribution >= 4 is 10.0 Å². The van der Waals surface area contributed by atoms with Crippen molar-refractivity contribution < 1.29 is 13.2 Å². The lowest BCUT2D eigenvalue weighted by molar-refractivity contribution is 0.218. The summed E-state index contributed by atoms with van der Waals surface area (Å²) >= 11 is 0. The Morgan fingerprint density at radius 1 is 1.23 bits per heavy atom. The van der Waals surface area contributed by atoms with Crippen LogP contribution in [0.4, 0.5) is 0 Å². The number of hydrogen-bond donors (Lipinski definition) is 1. The van der Waals surface area contributed by atoms with Gasteiger partial charge in [0.05, 0.1) is 7.11 Å². The largest absolute Gasteiger partial charge is 0.495 e. The third-order valence-electron chi connectivity index (χ3n) is 5.00. The van der Waals surface area contributed by atoms with Gasteiger partial charge in [-0.25, -0.2) is 8.42 Å². The molecule has 0 aromatic heterocycles. The number of benzene rings is 1. The summed E-state index contributed by atoms with van der Waals surface area (Å²) in [6, 6.07) is 5.32. The monoisotopic (exact) mass is 324 g/mol. The van der Waals surface area contributed by atoms with Crippen LogP contribution in [0, 0.1) is 12.3 Å². The molecule has 0 radical (unpaired) electrons. The van der Waals surface area contributed by atoms with Gasteiger partial charge < -0.3 is 10.1 Å². The molecule has 0 aliphatic carbocycles. The highest BCUT2D eigenvalue weighted by molar-refractivity contribution is 7.89. The Bertz CT molecular complexity index is 651. The maximum atomic E-state index is 13.0. The number of methoxy groups -OCH3 is 1. The highest BCUT2D eigenvalue weighted by Crippen LogP contribution is 2.41. The summed E-state index contributed by atoms with van der Waals surface area (Å²) in [6.45, 7) is 5.12. The first-order valence-electron chi connectivity index (χ1n) is 7.82. The first kappa shape index (κ1) is 15.8. The quantitative estimate of drug-likeness (QED) is 0.920. The Labute approximate surface area is 132 Å². The number of aryl methyl sites for hydroxylation is 1. The van der Waals surface area contributed by atoms with Crippen LogP contribution in [0.25, 0.3) is 0 Å². The summed E-state index contributed by atoms with van der Waals surface area (Å²) in [5, 5.41) is 3.36. The van der Waals surface area contributed by atoms with Crippen molar-refractivity contribution in [3.8, 4) is 5.75 Å². The van der Waals surface area contributed by atoms with E-state index in [0.717, 1.165) is 37.9 Å². The molecule has 6 heteroatoms. The molecule has 0 bridgehead atoms. The Morgan fingerprint density at radius 3 is 2.64 bits per heavy atom. The van der Waals surface area contributed by atoms with Crippen LogP contribution in [0.5, 0.6) is 5.75 Å². The Hall–Kier alpha value is -1.11. The molecule has 1 aromatic carbocycles. The van der Waals surface area contributed by atoms with Gasteiger partial charge in [0.1, 0.15) is 10.6 Å². The van der Waals surface area contributed by atoms with Gasteiger partial charge in [0.25, 0.3) is 0 Å². The average molecular weight is 324 g/mol. The highest BCUT2D eigenvalue weighted by atomic mass is 32.2. The number of rotatable bonds is 3. The summed E-state index contributed by atoms with van der Waals surface area (Å²) in [4.78, 5) is 0.293. The lowest BCUT2D eigenvalue weighted by atomic mass is 9.78. The minimum Gasteiger partial charge on any atom is -0.495 e. The van der Waals surface area contributed by atoms with Gasteiger partial charge in [0.15, 0.2) is 0 Å². The van der Waals surface area contributed by atoms with Crippen molar-refractivity contribution in [1.29, 1.82) is 0 Å². The summed E-state index contributed by atoms with van der Waals surface area (Å²) in [7, 11) is -1.98. The van der Waals surface area contributed by atoms with Gasteiger partial charge in [0.2, 0.25) is 10.0 Å². The van der Waals surface area contributed by atoms with Crippen molar-refractivity contribution in [3.05, 3.63) is 23.8 Å². The number of hydrogen-bond acceptors (Lipinski definition) is 4. The predicted octanol–water partition coefficient (Wildman–Crippen LogP) is 1.77. The Morgan fingerprint density at radius 2 is 1.95 bits per heavy atom. The molecule has 0 saturated carbocycles. The molecule has 0 unspecified atom stereocenters. The van der Waals surface area contributed by atoms with E-state index in [1.807, 2.05) is 13.0 Å². The fourth-order valence-electron chi connectivity index (χ4n) is 3.59. The second-order valence-electron chi connectivity index (χ2n) is 6.49. The minimum absolute atomic E-state index is 0.162. The SMILES string of the molecule is COc1ccc(C)cc1S(=O)(=O)N1CCC2(CCNCC2)C1. The van der Waals surface area contributed by atoms with Crippen LogP contribution in [0.15, 0.2) is 23.1 Å². The van der Waals surface area contributed by atoms with E-state index in [-0.39, 0.29) is 5.41 Å². The van der Waals surface area contributed by atoms with Crippen LogP contribution in [0.3, 0.4) is 0 Å². The minimum atomic E-state index is -3.49. The van der Waals surface area contributed by atoms with E-state index in [4.69, 9.17) is 4.74 Å². The molecule has 22 heavy (non-hydrogen) atoms. The van der Waals surface area contributed by atoms with Gasteiger partial charge in [-0.05, 0) is 62.4 Å². The number of nitrogens with zero attached hydrogens (tertiary/aromatic N) is 1. The van der Waals surface area contributed by atoms with Crippen molar-refractivity contribution in [3.63, 3.8) is 0 Å². The topological polar surface area (TPSA) is 58.6 Å². The zero-order valence-electron chi connectivity index (χ0n) is 13.3. The normalized spacial score (nSPS) is 22.1. The van der Waals surface area contributed by atoms with Gasteiger partial charge in [0, 0.05) is 13.1 Å². The van der Waals surface area contributed by atoms with Crippen molar-refractivity contribution in [1.82, 2.24) is 9.62 Å². The fourth-order valence-corrected chi connectivity index (χ4v) is 5.38. The Kier molecular flexibility index (Phi) is 4.18. The molecule has 3 rings (SSSR count). The number of ether oxygens (including phenoxy) is 1. The molecule has 2 aliphatic rings. The standard InChI is InChI=1S/C16H24N2O3S/c1-13-3-4-14(21-2)15(11-13)22(19,20)18-10-7-16(12-18)5-8-17-9-6-16/h3-4,11,17H,5-10,12H2,1-2H3. The van der Waals surface area contributed by atoms with E-state index in [2.05, 4.69) is 5.32 Å². The van der Waals surface area contributed by atoms with Crippen LogP contribution in [0.1, 0.15) is 24.8 Å². The lowest BCUT2D eigenvalue weighted by Gasteiger charge is -2.33. The van der Waals surface area contributed by atoms with E-state index in [1.54, 1.807) is 16.4 Å². The maximum Gasteiger partial charge on any atom is 0.246 e. The second-order valence-corrected chi connectivity index (χ2v) is 8.40. The van der Waals surface area contributed by atoms with Crippen LogP contribution in [-0.4, -0.2) is 46.0 Å². The molecular weight excluding hydrogens is 300 g/mol. The zero-order chi connectivity index (χ0) is 15.8. The number of piperidine rings is 1. The van der Waals surface area contributed by atoms with Gasteiger partial charge in [-0.1, -0.05) is 6.07 Å². The predicted molar refractivity (Wildman–Crippen MR) is 85.6 cm³/mol. The van der Waals surface area contributed by atoms with Crippen LogP contribution >= 0.6 is 0 Å². The molecular formula is C16H24N2O3S. The summed E-state index contributed by atoms with van der Waals surface area (Å²) in [5.41, 5.74) is 1.09. The van der Waals surface area contributed by atoms with Crippen LogP contribution in [-0.2, 0) is 10.0 Å². The molecule has 1 N–H and O–H groups in total. The average Bonchev–Trinajstić information content (AvgIpc) is 2.92. The molecule has 0 atom stereocenters. The van der Waals surface area contributed by atoms with Crippen molar-refractivity contribution in [2.75, 3.05) is 33.3 Å². The van der Waals surface area contributed by atoms with Gasteiger partial charge in [-0.2, -0.15) is 4.31 Å². The lowest BCUT2D eigenvalue weighted by Crippen LogP contribution is -2.39. The summed E-state index contributed by atoms with van der Waals surface area (Å²) in [6.07, 6.45) is 3.08. The molecule has 2 aliphatic heterocycles. The number of nitrogens with one attached hydrogen (secondary N) is 1. The van der Waals surface area contributed by atoms with Crippen LogP contribution < -0.4 is 10.1 Å². The first-order chi connectivity index (χ1) is 10.5. The summed E-state index contributed by atoms with van der Waals surface area (Å²) in [5.74, 6) is 0.428. The van der Waals surface area contributed by atoms with E-state index in [9.17, 15) is 8.42 Å². The van der Waals surface area contributed by atoms with E-state index in [0.29, 0.717) is 23.7 Å². The smallest absolute Gasteiger partial charge is 0.246 e. The third kappa shape index (κ3) is 2.75. The zero-order valence-corrected chi connectivity index (χ0v) is 14.1. The van der Waals surface area contributed by atoms with Gasteiger partial charge in [-0.15, -0.1) is 0 Å². The highest BCUT2D eigenvalue weighted by Gasteiger charge is 2.43. The molecule has 2 heterocycles. The maximum absolute atomic E-state index is 13.0. The Balaban J connectivity index is 1.89.